The molecule has 4 atom stereocenters. The zero-order valence-electron chi connectivity index (χ0n) is 16.1. The van der Waals surface area contributed by atoms with Crippen LogP contribution in [0.5, 0.6) is 0 Å². The van der Waals surface area contributed by atoms with Gasteiger partial charge in [0.15, 0.2) is 0 Å². The molecule has 1 saturated heterocycles. The minimum Gasteiger partial charge on any atom is -0.468 e. The molecule has 5 nitrogen and oxygen atoms in total. The smallest absolute Gasteiger partial charge is 0.324 e. The van der Waals surface area contributed by atoms with Crippen molar-refractivity contribution in [1.29, 1.82) is 0 Å². The van der Waals surface area contributed by atoms with Crippen LogP contribution in [0.4, 0.5) is 0 Å². The lowest BCUT2D eigenvalue weighted by Crippen LogP contribution is -2.46. The Kier molecular flexibility index (Phi) is 6.09. The fraction of sp³-hybridized carbons (Fsp3) is 0.381. The van der Waals surface area contributed by atoms with Crippen LogP contribution in [-0.2, 0) is 20.5 Å². The topological polar surface area (TPSA) is 58.6 Å². The number of rotatable bonds is 5. The van der Waals surface area contributed by atoms with Gasteiger partial charge in [-0.3, -0.25) is 10.1 Å². The minimum absolute atomic E-state index is 0.102. The second-order valence-corrected chi connectivity index (χ2v) is 8.53. The molecule has 2 aromatic carbocycles. The number of hydrogen-bond donors (Lipinski definition) is 1. The molecule has 1 aliphatic heterocycles. The second kappa shape index (κ2) is 8.33. The highest BCUT2D eigenvalue weighted by Gasteiger charge is 2.49. The van der Waals surface area contributed by atoms with E-state index in [1.165, 1.54) is 7.11 Å². The van der Waals surface area contributed by atoms with E-state index in [1.807, 2.05) is 79.7 Å². The Labute approximate surface area is 163 Å². The number of carbonyl (C=O) groups excluding carboxylic acids is 1. The van der Waals surface area contributed by atoms with Crippen LogP contribution in [0.3, 0.4) is 0 Å². The van der Waals surface area contributed by atoms with Crippen molar-refractivity contribution < 1.29 is 13.7 Å². The van der Waals surface area contributed by atoms with Gasteiger partial charge in [0.1, 0.15) is 17.0 Å². The van der Waals surface area contributed by atoms with Crippen LogP contribution < -0.4 is 5.32 Å². The predicted molar refractivity (Wildman–Crippen MR) is 106 cm³/mol. The molecule has 1 unspecified atom stereocenters. The van der Waals surface area contributed by atoms with Gasteiger partial charge in [0.2, 0.25) is 0 Å². The molecule has 3 rings (SSSR count). The molecular weight excluding hydrogens is 360 g/mol. The Bertz CT molecular complexity index is 808. The monoisotopic (exact) mass is 386 g/mol. The zero-order chi connectivity index (χ0) is 19.6. The van der Waals surface area contributed by atoms with Crippen LogP contribution in [0.2, 0.25) is 0 Å². The molecule has 0 amide bonds. The molecule has 0 radical (unpaired) electrons. The van der Waals surface area contributed by atoms with Gasteiger partial charge in [0, 0.05) is 0 Å². The Hall–Kier alpha value is -2.02. The van der Waals surface area contributed by atoms with E-state index in [2.05, 4.69) is 5.32 Å². The second-order valence-electron chi connectivity index (χ2n) is 7.14. The fourth-order valence-corrected chi connectivity index (χ4v) is 5.11. The van der Waals surface area contributed by atoms with E-state index < -0.39 is 17.0 Å². The molecule has 0 spiro atoms. The maximum Gasteiger partial charge on any atom is 0.324 e. The fourth-order valence-electron chi connectivity index (χ4n) is 3.54. The number of nitrogens with one attached hydrogen (secondary N) is 1. The van der Waals surface area contributed by atoms with Crippen molar-refractivity contribution in [3.63, 3.8) is 0 Å². The lowest BCUT2D eigenvalue weighted by Gasteiger charge is -2.31. The molecular formula is C21H26N2O3S. The average molecular weight is 387 g/mol. The average Bonchev–Trinajstić information content (AvgIpc) is 3.09. The lowest BCUT2D eigenvalue weighted by molar-refractivity contribution is -0.143. The van der Waals surface area contributed by atoms with Gasteiger partial charge in [-0.15, -0.1) is 0 Å². The number of esters is 1. The van der Waals surface area contributed by atoms with Crippen molar-refractivity contribution >= 4 is 17.0 Å². The van der Waals surface area contributed by atoms with Crippen molar-refractivity contribution in [2.45, 2.75) is 43.9 Å². The van der Waals surface area contributed by atoms with Gasteiger partial charge < -0.3 is 4.74 Å². The molecule has 0 aromatic heterocycles. The van der Waals surface area contributed by atoms with Gasteiger partial charge in [-0.25, -0.2) is 4.21 Å². The summed E-state index contributed by atoms with van der Waals surface area (Å²) in [6.07, 6.45) is -0.343. The Morgan fingerprint density at radius 2 is 1.74 bits per heavy atom. The van der Waals surface area contributed by atoms with Crippen LogP contribution in [0.15, 0.2) is 59.5 Å². The van der Waals surface area contributed by atoms with Crippen LogP contribution in [-0.4, -0.2) is 33.7 Å². The van der Waals surface area contributed by atoms with E-state index >= 15 is 0 Å². The molecule has 1 N–H and O–H groups in total. The zero-order valence-corrected chi connectivity index (χ0v) is 16.9. The number of ether oxygens (including phenoxy) is 1. The molecule has 27 heavy (non-hydrogen) atoms. The van der Waals surface area contributed by atoms with E-state index in [0.717, 1.165) is 16.0 Å². The third kappa shape index (κ3) is 3.98. The van der Waals surface area contributed by atoms with Crippen molar-refractivity contribution in [2.75, 3.05) is 7.11 Å². The first-order valence-corrected chi connectivity index (χ1v) is 10.2. The summed E-state index contributed by atoms with van der Waals surface area (Å²) in [4.78, 5) is 13.2. The van der Waals surface area contributed by atoms with E-state index in [4.69, 9.17) is 4.74 Å². The highest BCUT2D eigenvalue weighted by molar-refractivity contribution is 7.82. The molecule has 0 saturated carbocycles. The summed E-state index contributed by atoms with van der Waals surface area (Å²) in [5.41, 5.74) is 2.08. The van der Waals surface area contributed by atoms with E-state index in [9.17, 15) is 9.00 Å². The van der Waals surface area contributed by atoms with Crippen molar-refractivity contribution in [3.05, 3.63) is 65.7 Å². The van der Waals surface area contributed by atoms with Crippen LogP contribution in [0.1, 0.15) is 31.1 Å². The summed E-state index contributed by atoms with van der Waals surface area (Å²) in [6.45, 7) is 6.07. The number of nitrogens with zero attached hydrogens (tertiary/aromatic N) is 1. The van der Waals surface area contributed by atoms with Crippen molar-refractivity contribution in [2.24, 2.45) is 5.92 Å². The number of methoxy groups -OCH3 is 1. The molecule has 1 fully saturated rings. The van der Waals surface area contributed by atoms with E-state index in [-0.39, 0.29) is 24.1 Å². The maximum atomic E-state index is 13.6. The van der Waals surface area contributed by atoms with Crippen molar-refractivity contribution in [1.82, 2.24) is 9.62 Å². The highest BCUT2D eigenvalue weighted by Crippen LogP contribution is 2.36. The molecule has 1 aliphatic rings. The molecule has 6 heteroatoms. The Balaban J connectivity index is 2.06. The standard InChI is InChI=1S/C21H26N2O3S/c1-14(2)19-18(21(24)26-4)22-20(16-8-6-5-7-9-16)23(19)27(25)17-12-10-15(3)11-13-17/h5-14,18-20,22H,1-4H3/t18-,19+,20-,27?/m0/s1. The SMILES string of the molecule is COC(=O)[C@H]1N[C@H](c2ccccc2)N(S(=O)c2ccc(C)cc2)[C@@H]1C(C)C. The number of benzene rings is 2. The lowest BCUT2D eigenvalue weighted by atomic mass is 9.98. The van der Waals surface area contributed by atoms with Gasteiger partial charge in [-0.1, -0.05) is 61.9 Å². The summed E-state index contributed by atoms with van der Waals surface area (Å²) < 4.78 is 20.5. The maximum absolute atomic E-state index is 13.6. The van der Waals surface area contributed by atoms with Crippen molar-refractivity contribution in [3.8, 4) is 0 Å². The third-order valence-corrected chi connectivity index (χ3v) is 6.41. The van der Waals surface area contributed by atoms with Gasteiger partial charge in [-0.2, -0.15) is 4.31 Å². The first-order chi connectivity index (χ1) is 12.9. The highest BCUT2D eigenvalue weighted by atomic mass is 32.2. The first-order valence-electron chi connectivity index (χ1n) is 9.09. The summed E-state index contributed by atoms with van der Waals surface area (Å²) >= 11 is 0. The molecule has 0 bridgehead atoms. The van der Waals surface area contributed by atoms with Gasteiger partial charge in [0.25, 0.3) is 0 Å². The van der Waals surface area contributed by atoms with Gasteiger partial charge in [0.05, 0.1) is 24.2 Å². The van der Waals surface area contributed by atoms with Gasteiger partial charge >= 0.3 is 5.97 Å². The third-order valence-electron chi connectivity index (χ3n) is 4.89. The van der Waals surface area contributed by atoms with Crippen LogP contribution in [0, 0.1) is 12.8 Å². The van der Waals surface area contributed by atoms with E-state index in [1.54, 1.807) is 0 Å². The number of carbonyl (C=O) groups is 1. The molecule has 0 aliphatic carbocycles. The van der Waals surface area contributed by atoms with Crippen LogP contribution in [0.25, 0.3) is 0 Å². The first kappa shape index (κ1) is 19.7. The molecule has 2 aromatic rings. The molecule has 144 valence electrons. The van der Waals surface area contributed by atoms with Crippen LogP contribution >= 0.6 is 0 Å². The predicted octanol–water partition coefficient (Wildman–Crippen LogP) is 3.19. The molecule has 1 heterocycles. The normalized spacial score (nSPS) is 24.1. The van der Waals surface area contributed by atoms with Gasteiger partial charge in [-0.05, 0) is 30.5 Å². The number of hydrogen-bond acceptors (Lipinski definition) is 4. The van der Waals surface area contributed by atoms with E-state index in [0.29, 0.717) is 0 Å². The summed E-state index contributed by atoms with van der Waals surface area (Å²) in [7, 11) is -0.0370. The summed E-state index contributed by atoms with van der Waals surface area (Å²) in [5, 5.41) is 3.36. The Morgan fingerprint density at radius 1 is 1.11 bits per heavy atom. The number of aryl methyl sites for hydroxylation is 1. The summed E-state index contributed by atoms with van der Waals surface area (Å²) in [6, 6.07) is 16.7. The summed E-state index contributed by atoms with van der Waals surface area (Å²) in [5.74, 6) is -0.234. The largest absolute Gasteiger partial charge is 0.468 e. The quantitative estimate of drug-likeness (QED) is 0.802. The Morgan fingerprint density at radius 3 is 2.30 bits per heavy atom. The minimum atomic E-state index is -1.42.